The van der Waals surface area contributed by atoms with Gasteiger partial charge in [0.05, 0.1) is 23.1 Å². The van der Waals surface area contributed by atoms with Crippen LogP contribution in [0.15, 0.2) is 54.9 Å². The minimum atomic E-state index is -0.294. The van der Waals surface area contributed by atoms with E-state index < -0.39 is 0 Å². The summed E-state index contributed by atoms with van der Waals surface area (Å²) in [4.78, 5) is 23.8. The van der Waals surface area contributed by atoms with Gasteiger partial charge in [-0.05, 0) is 30.5 Å². The van der Waals surface area contributed by atoms with Gasteiger partial charge < -0.3 is 15.0 Å². The summed E-state index contributed by atoms with van der Waals surface area (Å²) in [6, 6.07) is 13.8. The Kier molecular flexibility index (Phi) is 4.88. The van der Waals surface area contributed by atoms with E-state index in [1.54, 1.807) is 4.90 Å². The fourth-order valence-corrected chi connectivity index (χ4v) is 4.59. The molecule has 1 amide bonds. The lowest BCUT2D eigenvalue weighted by Gasteiger charge is -2.45. The van der Waals surface area contributed by atoms with Crippen LogP contribution in [-0.4, -0.2) is 38.6 Å². The highest BCUT2D eigenvalue weighted by molar-refractivity contribution is 5.68. The lowest BCUT2D eigenvalue weighted by atomic mass is 9.83. The van der Waals surface area contributed by atoms with Gasteiger partial charge in [0.2, 0.25) is 0 Å². The number of nitrogens with one attached hydrogen (secondary N) is 1. The Bertz CT molecular complexity index is 1080. The summed E-state index contributed by atoms with van der Waals surface area (Å²) in [5.74, 6) is 2.20. The summed E-state index contributed by atoms with van der Waals surface area (Å²) in [6.07, 6.45) is 5.08. The largest absolute Gasteiger partial charge is 0.445 e. The number of rotatable bonds is 3. The number of piperidine rings is 1. The second-order valence-corrected chi connectivity index (χ2v) is 8.60. The molecule has 2 aliphatic rings. The summed E-state index contributed by atoms with van der Waals surface area (Å²) in [6.45, 7) is 5.84. The first-order chi connectivity index (χ1) is 15.1. The van der Waals surface area contributed by atoms with Gasteiger partial charge in [0, 0.05) is 25.2 Å². The molecule has 3 aromatic rings. The Morgan fingerprint density at radius 1 is 1.13 bits per heavy atom. The van der Waals surface area contributed by atoms with Crippen molar-refractivity contribution >= 4 is 11.9 Å². The lowest BCUT2D eigenvalue weighted by molar-refractivity contribution is 0.0793. The van der Waals surface area contributed by atoms with E-state index in [4.69, 9.17) is 9.72 Å². The van der Waals surface area contributed by atoms with Gasteiger partial charge >= 0.3 is 6.09 Å². The molecule has 7 heteroatoms. The van der Waals surface area contributed by atoms with E-state index in [1.165, 1.54) is 0 Å². The second kappa shape index (κ2) is 7.72. The van der Waals surface area contributed by atoms with Gasteiger partial charge in [0.25, 0.3) is 0 Å². The van der Waals surface area contributed by atoms with Crippen molar-refractivity contribution in [2.24, 2.45) is 0 Å². The van der Waals surface area contributed by atoms with Crippen LogP contribution in [-0.2, 0) is 16.9 Å². The third-order valence-corrected chi connectivity index (χ3v) is 6.26. The average Bonchev–Trinajstić information content (AvgIpc) is 3.26. The highest BCUT2D eigenvalue weighted by atomic mass is 16.6. The molecule has 4 heterocycles. The number of aromatic nitrogens is 3. The highest BCUT2D eigenvalue weighted by Crippen LogP contribution is 2.43. The third-order valence-electron chi connectivity index (χ3n) is 6.26. The Morgan fingerprint density at radius 2 is 1.90 bits per heavy atom. The number of hydrogen-bond acceptors (Lipinski definition) is 5. The molecule has 1 spiro atoms. The standard InChI is InChI=1S/C24H27N5O2/c1-17(2)22-26-15-20-24(27-21-19(29(20)22)9-6-12-25-21)10-13-28(14-11-24)23(30)31-16-18-7-4-3-5-8-18/h3-9,12,15,17H,10-11,13-14,16H2,1-2H3,(H,25,27). The lowest BCUT2D eigenvalue weighted by Crippen LogP contribution is -2.51. The first-order valence-electron chi connectivity index (χ1n) is 10.8. The molecule has 31 heavy (non-hydrogen) atoms. The molecule has 1 N–H and O–H groups in total. The summed E-state index contributed by atoms with van der Waals surface area (Å²) < 4.78 is 7.80. The van der Waals surface area contributed by atoms with Crippen molar-refractivity contribution in [1.29, 1.82) is 0 Å². The minimum Gasteiger partial charge on any atom is -0.445 e. The Morgan fingerprint density at radius 3 is 2.65 bits per heavy atom. The van der Waals surface area contributed by atoms with E-state index >= 15 is 0 Å². The predicted octanol–water partition coefficient (Wildman–Crippen LogP) is 4.44. The first-order valence-corrected chi connectivity index (χ1v) is 10.8. The van der Waals surface area contributed by atoms with Crippen LogP contribution in [0.1, 0.15) is 49.7 Å². The van der Waals surface area contributed by atoms with Gasteiger partial charge in [-0.3, -0.25) is 4.57 Å². The van der Waals surface area contributed by atoms with E-state index in [0.29, 0.717) is 25.6 Å². The van der Waals surface area contributed by atoms with Crippen LogP contribution < -0.4 is 5.32 Å². The second-order valence-electron chi connectivity index (χ2n) is 8.60. The van der Waals surface area contributed by atoms with Gasteiger partial charge in [0.1, 0.15) is 12.4 Å². The highest BCUT2D eigenvalue weighted by Gasteiger charge is 2.44. The van der Waals surface area contributed by atoms with Crippen molar-refractivity contribution in [1.82, 2.24) is 19.4 Å². The zero-order chi connectivity index (χ0) is 21.4. The van der Waals surface area contributed by atoms with Crippen LogP contribution >= 0.6 is 0 Å². The van der Waals surface area contributed by atoms with Crippen molar-refractivity contribution in [2.75, 3.05) is 18.4 Å². The SMILES string of the molecule is CC(C)c1ncc2n1-c1cccnc1NC21CCN(C(=O)OCc2ccccc2)CC1. The predicted molar refractivity (Wildman–Crippen MR) is 118 cm³/mol. The van der Waals surface area contributed by atoms with Crippen molar-refractivity contribution in [3.05, 3.63) is 71.9 Å². The molecule has 1 aromatic carbocycles. The topological polar surface area (TPSA) is 72.3 Å². The number of carbonyl (C=O) groups is 1. The summed E-state index contributed by atoms with van der Waals surface area (Å²) >= 11 is 0. The van der Waals surface area contributed by atoms with E-state index in [9.17, 15) is 4.79 Å². The average molecular weight is 418 g/mol. The Balaban J connectivity index is 1.35. The third kappa shape index (κ3) is 3.44. The molecule has 2 aromatic heterocycles. The monoisotopic (exact) mass is 417 g/mol. The number of nitrogens with zero attached hydrogens (tertiary/aromatic N) is 4. The molecule has 0 radical (unpaired) electrons. The number of imidazole rings is 1. The van der Waals surface area contributed by atoms with Gasteiger partial charge in [0.15, 0.2) is 5.82 Å². The number of anilines is 1. The number of likely N-dealkylation sites (tertiary alicyclic amines) is 1. The number of amides is 1. The fraction of sp³-hybridized carbons (Fsp3) is 0.375. The van der Waals surface area contributed by atoms with E-state index in [0.717, 1.165) is 41.4 Å². The smallest absolute Gasteiger partial charge is 0.410 e. The molecule has 0 atom stereocenters. The molecule has 0 aliphatic carbocycles. The van der Waals surface area contributed by atoms with Crippen LogP contribution in [0.5, 0.6) is 0 Å². The number of fused-ring (bicyclic) bond motifs is 4. The zero-order valence-corrected chi connectivity index (χ0v) is 17.9. The van der Waals surface area contributed by atoms with Crippen LogP contribution in [0.2, 0.25) is 0 Å². The van der Waals surface area contributed by atoms with Crippen molar-refractivity contribution in [3.63, 3.8) is 0 Å². The van der Waals surface area contributed by atoms with Crippen LogP contribution in [0.4, 0.5) is 10.6 Å². The summed E-state index contributed by atoms with van der Waals surface area (Å²) in [5, 5.41) is 3.69. The van der Waals surface area contributed by atoms with Crippen molar-refractivity contribution in [3.8, 4) is 5.69 Å². The molecule has 2 aliphatic heterocycles. The normalized spacial score (nSPS) is 16.5. The first kappa shape index (κ1) is 19.6. The van der Waals surface area contributed by atoms with E-state index in [1.807, 2.05) is 48.8 Å². The molecule has 5 rings (SSSR count). The maximum absolute atomic E-state index is 12.6. The van der Waals surface area contributed by atoms with E-state index in [2.05, 4.69) is 34.8 Å². The van der Waals surface area contributed by atoms with Crippen LogP contribution in [0.25, 0.3) is 5.69 Å². The number of hydrogen-bond donors (Lipinski definition) is 1. The molecule has 0 bridgehead atoms. The summed E-state index contributed by atoms with van der Waals surface area (Å²) in [5.41, 5.74) is 2.88. The quantitative estimate of drug-likeness (QED) is 0.682. The molecule has 160 valence electrons. The molecule has 1 fully saturated rings. The maximum Gasteiger partial charge on any atom is 0.410 e. The van der Waals surface area contributed by atoms with E-state index in [-0.39, 0.29) is 11.6 Å². The molecule has 1 saturated heterocycles. The van der Waals surface area contributed by atoms with Crippen LogP contribution in [0.3, 0.4) is 0 Å². The number of benzene rings is 1. The molecular formula is C24H27N5O2. The maximum atomic E-state index is 12.6. The zero-order valence-electron chi connectivity index (χ0n) is 17.9. The molecule has 0 unspecified atom stereocenters. The molecule has 0 saturated carbocycles. The fourth-order valence-electron chi connectivity index (χ4n) is 4.59. The van der Waals surface area contributed by atoms with Gasteiger partial charge in [-0.1, -0.05) is 44.2 Å². The molecule has 7 nitrogen and oxygen atoms in total. The number of ether oxygens (including phenoxy) is 1. The minimum absolute atomic E-state index is 0.260. The number of pyridine rings is 1. The van der Waals surface area contributed by atoms with Gasteiger partial charge in [-0.25, -0.2) is 14.8 Å². The number of carbonyl (C=O) groups excluding carboxylic acids is 1. The Hall–Kier alpha value is -3.35. The van der Waals surface area contributed by atoms with Gasteiger partial charge in [-0.15, -0.1) is 0 Å². The Labute approximate surface area is 182 Å². The van der Waals surface area contributed by atoms with Crippen molar-refractivity contribution < 1.29 is 9.53 Å². The van der Waals surface area contributed by atoms with Gasteiger partial charge in [-0.2, -0.15) is 0 Å². The molecular weight excluding hydrogens is 390 g/mol. The van der Waals surface area contributed by atoms with Crippen LogP contribution in [0, 0.1) is 0 Å². The van der Waals surface area contributed by atoms with Crippen molar-refractivity contribution in [2.45, 2.75) is 44.8 Å². The summed E-state index contributed by atoms with van der Waals surface area (Å²) in [7, 11) is 0.